The lowest BCUT2D eigenvalue weighted by Gasteiger charge is -2.32. The lowest BCUT2D eigenvalue weighted by molar-refractivity contribution is 0.165. The Labute approximate surface area is 124 Å². The van der Waals surface area contributed by atoms with Crippen molar-refractivity contribution in [3.63, 3.8) is 0 Å². The van der Waals surface area contributed by atoms with Gasteiger partial charge in [-0.05, 0) is 43.9 Å². The van der Waals surface area contributed by atoms with Crippen LogP contribution in [0, 0.1) is 5.92 Å². The van der Waals surface area contributed by atoms with E-state index in [1.165, 1.54) is 12.8 Å². The molecule has 1 heterocycles. The van der Waals surface area contributed by atoms with Crippen molar-refractivity contribution >= 4 is 34.8 Å². The number of rotatable bonds is 4. The minimum absolute atomic E-state index is 0.720. The number of likely N-dealkylation sites (tertiary alicyclic amines) is 1. The van der Waals surface area contributed by atoms with Crippen LogP contribution in [0.25, 0.3) is 0 Å². The molecule has 1 atom stereocenters. The number of nitrogens with zero attached hydrogens (tertiary/aromatic N) is 1. The van der Waals surface area contributed by atoms with Gasteiger partial charge in [-0.3, -0.25) is 4.90 Å². The van der Waals surface area contributed by atoms with Crippen molar-refractivity contribution in [1.29, 1.82) is 0 Å². The smallest absolute Gasteiger partial charge is 0.0465 e. The molecule has 2 rings (SSSR count). The van der Waals surface area contributed by atoms with Crippen LogP contribution < -0.4 is 0 Å². The SMILES string of the molecule is ClCCC1CCCN(Cc2c(Cl)cccc2Cl)C1. The number of benzene rings is 1. The zero-order valence-corrected chi connectivity index (χ0v) is 12.6. The largest absolute Gasteiger partial charge is 0.299 e. The maximum Gasteiger partial charge on any atom is 0.0465 e. The number of piperidine rings is 1. The summed E-state index contributed by atoms with van der Waals surface area (Å²) in [7, 11) is 0. The van der Waals surface area contributed by atoms with Crippen molar-refractivity contribution in [2.75, 3.05) is 19.0 Å². The summed E-state index contributed by atoms with van der Waals surface area (Å²) in [5.74, 6) is 1.48. The van der Waals surface area contributed by atoms with E-state index in [0.29, 0.717) is 0 Å². The molecule has 1 aromatic rings. The Morgan fingerprint density at radius 3 is 2.61 bits per heavy atom. The van der Waals surface area contributed by atoms with E-state index >= 15 is 0 Å². The van der Waals surface area contributed by atoms with Crippen molar-refractivity contribution in [1.82, 2.24) is 4.90 Å². The number of halogens is 3. The monoisotopic (exact) mass is 305 g/mol. The standard InChI is InChI=1S/C14H18Cl3N/c15-7-6-11-3-2-8-18(9-11)10-12-13(16)4-1-5-14(12)17/h1,4-5,11H,2-3,6-10H2. The Kier molecular flexibility index (Phi) is 5.62. The summed E-state index contributed by atoms with van der Waals surface area (Å²) >= 11 is 18.3. The van der Waals surface area contributed by atoms with Crippen LogP contribution in [0.15, 0.2) is 18.2 Å². The molecule has 4 heteroatoms. The molecule has 0 aliphatic carbocycles. The predicted octanol–water partition coefficient (Wildman–Crippen LogP) is 4.83. The maximum absolute atomic E-state index is 6.21. The molecule has 1 fully saturated rings. The highest BCUT2D eigenvalue weighted by atomic mass is 35.5. The van der Waals surface area contributed by atoms with Gasteiger partial charge in [-0.2, -0.15) is 0 Å². The third-order valence-corrected chi connectivity index (χ3v) is 4.49. The van der Waals surface area contributed by atoms with E-state index in [1.807, 2.05) is 18.2 Å². The molecule has 0 bridgehead atoms. The summed E-state index contributed by atoms with van der Waals surface area (Å²) < 4.78 is 0. The fourth-order valence-corrected chi connectivity index (χ4v) is 3.42. The molecule has 1 unspecified atom stereocenters. The van der Waals surface area contributed by atoms with Gasteiger partial charge >= 0.3 is 0 Å². The second-order valence-corrected chi connectivity index (χ2v) is 6.11. The van der Waals surface area contributed by atoms with Gasteiger partial charge in [0, 0.05) is 34.6 Å². The quantitative estimate of drug-likeness (QED) is 0.720. The van der Waals surface area contributed by atoms with Gasteiger partial charge < -0.3 is 0 Å². The summed E-state index contributed by atoms with van der Waals surface area (Å²) in [4.78, 5) is 2.44. The molecule has 18 heavy (non-hydrogen) atoms. The van der Waals surface area contributed by atoms with Gasteiger partial charge in [-0.25, -0.2) is 0 Å². The van der Waals surface area contributed by atoms with Gasteiger partial charge in [-0.15, -0.1) is 11.6 Å². The molecule has 0 spiro atoms. The van der Waals surface area contributed by atoms with Gasteiger partial charge in [0.2, 0.25) is 0 Å². The van der Waals surface area contributed by atoms with Gasteiger partial charge in [0.25, 0.3) is 0 Å². The van der Waals surface area contributed by atoms with Crippen LogP contribution in [-0.2, 0) is 6.54 Å². The molecule has 1 aliphatic rings. The number of alkyl halides is 1. The summed E-state index contributed by atoms with van der Waals surface area (Å²) in [6, 6.07) is 5.70. The average molecular weight is 307 g/mol. The minimum atomic E-state index is 0.720. The summed E-state index contributed by atoms with van der Waals surface area (Å²) in [5.41, 5.74) is 1.05. The first-order valence-corrected chi connectivity index (χ1v) is 7.71. The first-order valence-electron chi connectivity index (χ1n) is 6.42. The van der Waals surface area contributed by atoms with E-state index < -0.39 is 0 Å². The van der Waals surface area contributed by atoms with E-state index in [9.17, 15) is 0 Å². The fraction of sp³-hybridized carbons (Fsp3) is 0.571. The normalized spacial score (nSPS) is 21.2. The molecule has 0 amide bonds. The van der Waals surface area contributed by atoms with Crippen LogP contribution in [0.1, 0.15) is 24.8 Å². The van der Waals surface area contributed by atoms with Crippen LogP contribution in [0.5, 0.6) is 0 Å². The van der Waals surface area contributed by atoms with Crippen molar-refractivity contribution in [3.8, 4) is 0 Å². The van der Waals surface area contributed by atoms with E-state index in [0.717, 1.165) is 53.5 Å². The fourth-order valence-electron chi connectivity index (χ4n) is 2.59. The molecule has 1 aromatic carbocycles. The van der Waals surface area contributed by atoms with Gasteiger partial charge in [-0.1, -0.05) is 29.3 Å². The third-order valence-electron chi connectivity index (χ3n) is 3.56. The van der Waals surface area contributed by atoms with E-state index in [2.05, 4.69) is 4.90 Å². The molecule has 1 aliphatic heterocycles. The number of hydrogen-bond donors (Lipinski definition) is 0. The molecule has 1 saturated heterocycles. The Morgan fingerprint density at radius 1 is 1.22 bits per heavy atom. The van der Waals surface area contributed by atoms with Crippen molar-refractivity contribution in [2.24, 2.45) is 5.92 Å². The molecule has 0 aromatic heterocycles. The average Bonchev–Trinajstić information content (AvgIpc) is 2.35. The molecule has 0 radical (unpaired) electrons. The Balaban J connectivity index is 2.00. The van der Waals surface area contributed by atoms with Crippen LogP contribution in [0.2, 0.25) is 10.0 Å². The van der Waals surface area contributed by atoms with E-state index in [4.69, 9.17) is 34.8 Å². The topological polar surface area (TPSA) is 3.24 Å². The van der Waals surface area contributed by atoms with Gasteiger partial charge in [0.05, 0.1) is 0 Å². The lowest BCUT2D eigenvalue weighted by Crippen LogP contribution is -2.35. The minimum Gasteiger partial charge on any atom is -0.299 e. The first kappa shape index (κ1) is 14.5. The van der Waals surface area contributed by atoms with Crippen molar-refractivity contribution < 1.29 is 0 Å². The molecule has 100 valence electrons. The molecular weight excluding hydrogens is 289 g/mol. The molecule has 1 nitrogen and oxygen atoms in total. The van der Waals surface area contributed by atoms with Crippen LogP contribution >= 0.6 is 34.8 Å². The Morgan fingerprint density at radius 2 is 1.94 bits per heavy atom. The highest BCUT2D eigenvalue weighted by Gasteiger charge is 2.20. The van der Waals surface area contributed by atoms with E-state index in [1.54, 1.807) is 0 Å². The zero-order chi connectivity index (χ0) is 13.0. The summed E-state index contributed by atoms with van der Waals surface area (Å²) in [6.07, 6.45) is 3.64. The van der Waals surface area contributed by atoms with Crippen molar-refractivity contribution in [2.45, 2.75) is 25.8 Å². The number of hydrogen-bond acceptors (Lipinski definition) is 1. The molecular formula is C14H18Cl3N. The highest BCUT2D eigenvalue weighted by molar-refractivity contribution is 6.35. The first-order chi connectivity index (χ1) is 8.70. The second-order valence-electron chi connectivity index (χ2n) is 4.92. The van der Waals surface area contributed by atoms with Crippen LogP contribution in [-0.4, -0.2) is 23.9 Å². The summed E-state index contributed by atoms with van der Waals surface area (Å²) in [5, 5.41) is 1.53. The second kappa shape index (κ2) is 7.00. The summed E-state index contributed by atoms with van der Waals surface area (Å²) in [6.45, 7) is 3.08. The predicted molar refractivity (Wildman–Crippen MR) is 79.8 cm³/mol. The lowest BCUT2D eigenvalue weighted by atomic mass is 9.95. The highest BCUT2D eigenvalue weighted by Crippen LogP contribution is 2.28. The van der Waals surface area contributed by atoms with Crippen molar-refractivity contribution in [3.05, 3.63) is 33.8 Å². The maximum atomic E-state index is 6.21. The third kappa shape index (κ3) is 3.77. The van der Waals surface area contributed by atoms with E-state index in [-0.39, 0.29) is 0 Å². The van der Waals surface area contributed by atoms with Gasteiger partial charge in [0.1, 0.15) is 0 Å². The van der Waals surface area contributed by atoms with Crippen LogP contribution in [0.3, 0.4) is 0 Å². The van der Waals surface area contributed by atoms with Gasteiger partial charge in [0.15, 0.2) is 0 Å². The Bertz CT molecular complexity index is 372. The molecule has 0 saturated carbocycles. The zero-order valence-electron chi connectivity index (χ0n) is 10.3. The Hall–Kier alpha value is 0.0500. The van der Waals surface area contributed by atoms with Crippen LogP contribution in [0.4, 0.5) is 0 Å². The molecule has 0 N–H and O–H groups in total.